The first-order chi connectivity index (χ1) is 8.54. The molecule has 18 heavy (non-hydrogen) atoms. The van der Waals surface area contributed by atoms with Gasteiger partial charge in [0.25, 0.3) is 5.56 Å². The van der Waals surface area contributed by atoms with Gasteiger partial charge in [-0.2, -0.15) is 0 Å². The van der Waals surface area contributed by atoms with Crippen LogP contribution in [0.2, 0.25) is 0 Å². The predicted molar refractivity (Wildman–Crippen MR) is 63.2 cm³/mol. The van der Waals surface area contributed by atoms with Crippen molar-refractivity contribution in [1.29, 1.82) is 0 Å². The highest BCUT2D eigenvalue weighted by Gasteiger charge is 2.22. The van der Waals surface area contributed by atoms with Crippen molar-refractivity contribution in [3.63, 3.8) is 0 Å². The van der Waals surface area contributed by atoms with E-state index in [1.165, 1.54) is 6.07 Å². The molecule has 0 bridgehead atoms. The Morgan fingerprint density at radius 3 is 2.89 bits per heavy atom. The maximum Gasteiger partial charge on any atom is 0.325 e. The van der Waals surface area contributed by atoms with Crippen molar-refractivity contribution in [2.24, 2.45) is 0 Å². The van der Waals surface area contributed by atoms with Gasteiger partial charge in [0.05, 0.1) is 12.5 Å². The van der Waals surface area contributed by atoms with E-state index in [0.717, 1.165) is 6.42 Å². The van der Waals surface area contributed by atoms with E-state index in [0.29, 0.717) is 19.5 Å². The summed E-state index contributed by atoms with van der Waals surface area (Å²) >= 11 is 0. The number of nitrogens with one attached hydrogen (secondary N) is 2. The maximum absolute atomic E-state index is 11.9. The number of rotatable bonds is 2. The molecule has 0 spiro atoms. The van der Waals surface area contributed by atoms with Gasteiger partial charge in [0.2, 0.25) is 5.91 Å². The summed E-state index contributed by atoms with van der Waals surface area (Å²) in [6.07, 6.45) is 0.942. The van der Waals surface area contributed by atoms with Gasteiger partial charge in [-0.3, -0.25) is 14.6 Å². The third-order valence-electron chi connectivity index (χ3n) is 2.91. The molecule has 1 saturated heterocycles. The van der Waals surface area contributed by atoms with Gasteiger partial charge in [0.15, 0.2) is 0 Å². The molecule has 1 aromatic rings. The molecule has 1 atom stereocenters. The second kappa shape index (κ2) is 5.18. The number of aromatic amines is 2. The van der Waals surface area contributed by atoms with Crippen LogP contribution in [0.5, 0.6) is 0 Å². The minimum absolute atomic E-state index is 0.0358. The molecule has 1 aliphatic rings. The van der Waals surface area contributed by atoms with Crippen LogP contribution in [0.1, 0.15) is 18.5 Å². The fourth-order valence-corrected chi connectivity index (χ4v) is 2.07. The Balaban J connectivity index is 2.06. The summed E-state index contributed by atoms with van der Waals surface area (Å²) in [7, 11) is 0. The third-order valence-corrected chi connectivity index (χ3v) is 2.91. The van der Waals surface area contributed by atoms with Gasteiger partial charge < -0.3 is 15.0 Å². The quantitative estimate of drug-likeness (QED) is 0.602. The Morgan fingerprint density at radius 2 is 2.22 bits per heavy atom. The average molecular weight is 253 g/mol. The lowest BCUT2D eigenvalue weighted by molar-refractivity contribution is -0.133. The van der Waals surface area contributed by atoms with E-state index < -0.39 is 17.4 Å². The molecule has 1 aliphatic heterocycles. The minimum Gasteiger partial charge on any atom is -0.391 e. The van der Waals surface area contributed by atoms with Gasteiger partial charge in [-0.05, 0) is 12.8 Å². The SMILES string of the molecule is O=C(Cc1cc(=O)[nH]c(=O)[nH]1)N1CCC[C@H](O)C1. The van der Waals surface area contributed by atoms with Gasteiger partial charge in [-0.15, -0.1) is 0 Å². The number of aromatic nitrogens is 2. The number of H-pyrrole nitrogens is 2. The Labute approximate surface area is 102 Å². The topological polar surface area (TPSA) is 106 Å². The van der Waals surface area contributed by atoms with Crippen molar-refractivity contribution in [3.05, 3.63) is 32.6 Å². The number of likely N-dealkylation sites (tertiary alicyclic amines) is 1. The second-order valence-electron chi connectivity index (χ2n) is 4.43. The first kappa shape index (κ1) is 12.6. The van der Waals surface area contributed by atoms with Crippen LogP contribution in [0.4, 0.5) is 0 Å². The molecule has 1 amide bonds. The van der Waals surface area contributed by atoms with Crippen molar-refractivity contribution in [3.8, 4) is 0 Å². The highest BCUT2D eigenvalue weighted by atomic mass is 16.3. The summed E-state index contributed by atoms with van der Waals surface area (Å²) in [6, 6.07) is 1.19. The fourth-order valence-electron chi connectivity index (χ4n) is 2.07. The van der Waals surface area contributed by atoms with E-state index in [-0.39, 0.29) is 18.0 Å². The average Bonchev–Trinajstić information content (AvgIpc) is 2.27. The number of β-amino-alcohol motifs (C(OH)–C–C–N with tert-alkyl or cyclic N) is 1. The zero-order valence-electron chi connectivity index (χ0n) is 9.81. The molecule has 0 unspecified atom stereocenters. The van der Waals surface area contributed by atoms with Crippen LogP contribution in [0.15, 0.2) is 15.7 Å². The number of hydrogen-bond donors (Lipinski definition) is 3. The summed E-state index contributed by atoms with van der Waals surface area (Å²) in [5.41, 5.74) is -0.863. The number of amides is 1. The van der Waals surface area contributed by atoms with Crippen molar-refractivity contribution in [2.75, 3.05) is 13.1 Å². The lowest BCUT2D eigenvalue weighted by Crippen LogP contribution is -2.43. The van der Waals surface area contributed by atoms with E-state index in [1.807, 2.05) is 4.98 Å². The molecule has 1 fully saturated rings. The Kier molecular flexibility index (Phi) is 3.61. The predicted octanol–water partition coefficient (Wildman–Crippen LogP) is -1.41. The van der Waals surface area contributed by atoms with E-state index >= 15 is 0 Å². The van der Waals surface area contributed by atoms with Gasteiger partial charge >= 0.3 is 5.69 Å². The number of carbonyl (C=O) groups excluding carboxylic acids is 1. The van der Waals surface area contributed by atoms with Gasteiger partial charge in [0, 0.05) is 24.8 Å². The van der Waals surface area contributed by atoms with Crippen molar-refractivity contribution in [1.82, 2.24) is 14.9 Å². The summed E-state index contributed by atoms with van der Waals surface area (Å²) < 4.78 is 0. The van der Waals surface area contributed by atoms with Crippen molar-refractivity contribution in [2.45, 2.75) is 25.4 Å². The minimum atomic E-state index is -0.621. The zero-order chi connectivity index (χ0) is 13.1. The largest absolute Gasteiger partial charge is 0.391 e. The van der Waals surface area contributed by atoms with Crippen LogP contribution in [0.25, 0.3) is 0 Å². The molecule has 0 radical (unpaired) electrons. The van der Waals surface area contributed by atoms with Gasteiger partial charge in [0.1, 0.15) is 0 Å². The second-order valence-corrected chi connectivity index (χ2v) is 4.43. The van der Waals surface area contributed by atoms with E-state index in [2.05, 4.69) is 4.98 Å². The zero-order valence-corrected chi connectivity index (χ0v) is 9.81. The fraction of sp³-hybridized carbons (Fsp3) is 0.545. The van der Waals surface area contributed by atoms with Crippen LogP contribution in [0.3, 0.4) is 0 Å². The highest BCUT2D eigenvalue weighted by Crippen LogP contribution is 2.10. The molecule has 1 aromatic heterocycles. The number of aliphatic hydroxyl groups is 1. The lowest BCUT2D eigenvalue weighted by Gasteiger charge is -2.30. The lowest BCUT2D eigenvalue weighted by atomic mass is 10.1. The standard InChI is InChI=1S/C11H15N3O4/c15-8-2-1-3-14(6-8)10(17)5-7-4-9(16)13-11(18)12-7/h4,8,15H,1-3,5-6H2,(H2,12,13,16,18)/t8-/m0/s1. The van der Waals surface area contributed by atoms with Gasteiger partial charge in [-0.1, -0.05) is 0 Å². The summed E-state index contributed by atoms with van der Waals surface area (Å²) in [5, 5.41) is 9.48. The summed E-state index contributed by atoms with van der Waals surface area (Å²) in [5.74, 6) is -0.199. The van der Waals surface area contributed by atoms with Crippen LogP contribution in [-0.4, -0.2) is 45.1 Å². The molecular weight excluding hydrogens is 238 g/mol. The summed E-state index contributed by atoms with van der Waals surface area (Å²) in [4.78, 5) is 40.0. The van der Waals surface area contributed by atoms with E-state index in [1.54, 1.807) is 4.90 Å². The van der Waals surface area contributed by atoms with Crippen LogP contribution >= 0.6 is 0 Å². The number of piperidine rings is 1. The van der Waals surface area contributed by atoms with E-state index in [4.69, 9.17) is 0 Å². The smallest absolute Gasteiger partial charge is 0.325 e. The molecule has 7 heteroatoms. The Morgan fingerprint density at radius 1 is 1.44 bits per heavy atom. The van der Waals surface area contributed by atoms with Crippen LogP contribution < -0.4 is 11.2 Å². The Hall–Kier alpha value is -1.89. The molecule has 2 rings (SSSR count). The number of aliphatic hydroxyl groups excluding tert-OH is 1. The van der Waals surface area contributed by atoms with Crippen molar-refractivity contribution < 1.29 is 9.90 Å². The highest BCUT2D eigenvalue weighted by molar-refractivity contribution is 5.78. The van der Waals surface area contributed by atoms with Crippen LogP contribution in [-0.2, 0) is 11.2 Å². The first-order valence-electron chi connectivity index (χ1n) is 5.83. The monoisotopic (exact) mass is 253 g/mol. The molecule has 0 saturated carbocycles. The molecule has 2 heterocycles. The van der Waals surface area contributed by atoms with Crippen LogP contribution in [0, 0.1) is 0 Å². The molecule has 0 aliphatic carbocycles. The molecule has 3 N–H and O–H groups in total. The molecule has 0 aromatic carbocycles. The first-order valence-corrected chi connectivity index (χ1v) is 5.83. The molecule has 98 valence electrons. The number of hydrogen-bond acceptors (Lipinski definition) is 4. The normalized spacial score (nSPS) is 19.8. The molecule has 7 nitrogen and oxygen atoms in total. The maximum atomic E-state index is 11.9. The number of carbonyl (C=O) groups is 1. The molecular formula is C11H15N3O4. The van der Waals surface area contributed by atoms with E-state index in [9.17, 15) is 19.5 Å². The van der Waals surface area contributed by atoms with Crippen molar-refractivity contribution >= 4 is 5.91 Å². The van der Waals surface area contributed by atoms with Gasteiger partial charge in [-0.25, -0.2) is 4.79 Å². The number of nitrogens with zero attached hydrogens (tertiary/aromatic N) is 1. The Bertz CT molecular complexity index is 519. The summed E-state index contributed by atoms with van der Waals surface area (Å²) in [6.45, 7) is 0.912. The third kappa shape index (κ3) is 3.07.